The Morgan fingerprint density at radius 3 is 2.81 bits per heavy atom. The van der Waals surface area contributed by atoms with Gasteiger partial charge in [0.05, 0.1) is 10.7 Å². The van der Waals surface area contributed by atoms with Crippen molar-refractivity contribution in [3.63, 3.8) is 0 Å². The van der Waals surface area contributed by atoms with Crippen LogP contribution in [0.4, 0.5) is 10.5 Å². The molecular weight excluding hydrogens is 230 g/mol. The molecule has 0 aliphatic heterocycles. The molecule has 1 saturated carbocycles. The maximum atomic E-state index is 11.4. The number of benzene rings is 1. The zero-order chi connectivity index (χ0) is 11.5. The maximum absolute atomic E-state index is 11.4. The van der Waals surface area contributed by atoms with Crippen molar-refractivity contribution >= 4 is 23.3 Å². The molecule has 0 saturated heterocycles. The summed E-state index contributed by atoms with van der Waals surface area (Å²) in [6, 6.07) is 4.37. The van der Waals surface area contributed by atoms with Crippen molar-refractivity contribution in [1.82, 2.24) is 10.9 Å². The van der Waals surface area contributed by atoms with E-state index in [9.17, 15) is 4.79 Å². The van der Waals surface area contributed by atoms with E-state index in [0.717, 1.165) is 12.8 Å². The van der Waals surface area contributed by atoms with Crippen LogP contribution in [0.15, 0.2) is 18.2 Å². The molecule has 0 spiro atoms. The van der Waals surface area contributed by atoms with Gasteiger partial charge in [0, 0.05) is 12.1 Å². The highest BCUT2D eigenvalue weighted by Crippen LogP contribution is 2.25. The minimum absolute atomic E-state index is 0.0621. The summed E-state index contributed by atoms with van der Waals surface area (Å²) in [5.41, 5.74) is 5.82. The number of halogens is 1. The number of phenolic OH excluding ortho intramolecular Hbond substituents is 1. The SMILES string of the molecule is O=C(NNC1CC1)Nc1ccc(O)cc1Cl. The van der Waals surface area contributed by atoms with Crippen LogP contribution in [-0.2, 0) is 0 Å². The zero-order valence-corrected chi connectivity index (χ0v) is 9.21. The van der Waals surface area contributed by atoms with Crippen LogP contribution in [0.5, 0.6) is 5.75 Å². The maximum Gasteiger partial charge on any atom is 0.333 e. The molecule has 1 aliphatic rings. The highest BCUT2D eigenvalue weighted by Gasteiger charge is 2.21. The number of carbonyl (C=O) groups is 1. The number of urea groups is 1. The van der Waals surface area contributed by atoms with Crippen LogP contribution >= 0.6 is 11.6 Å². The van der Waals surface area contributed by atoms with E-state index >= 15 is 0 Å². The molecular formula is C10H12ClN3O2. The van der Waals surface area contributed by atoms with Gasteiger partial charge in [-0.05, 0) is 25.0 Å². The number of nitrogens with one attached hydrogen (secondary N) is 3. The van der Waals surface area contributed by atoms with Crippen LogP contribution in [0.2, 0.25) is 5.02 Å². The van der Waals surface area contributed by atoms with Crippen LogP contribution in [0, 0.1) is 0 Å². The normalized spacial score (nSPS) is 14.6. The van der Waals surface area contributed by atoms with Gasteiger partial charge in [-0.15, -0.1) is 0 Å². The van der Waals surface area contributed by atoms with Gasteiger partial charge in [0.2, 0.25) is 0 Å². The van der Waals surface area contributed by atoms with E-state index < -0.39 is 0 Å². The molecule has 1 aromatic rings. The molecule has 1 aromatic carbocycles. The van der Waals surface area contributed by atoms with E-state index in [1.54, 1.807) is 0 Å². The van der Waals surface area contributed by atoms with Gasteiger partial charge in [-0.2, -0.15) is 0 Å². The number of hydrazine groups is 1. The lowest BCUT2D eigenvalue weighted by Gasteiger charge is -2.09. The lowest BCUT2D eigenvalue weighted by Crippen LogP contribution is -2.41. The summed E-state index contributed by atoms with van der Waals surface area (Å²) in [6.45, 7) is 0. The lowest BCUT2D eigenvalue weighted by atomic mass is 10.3. The predicted molar refractivity (Wildman–Crippen MR) is 61.4 cm³/mol. The van der Waals surface area contributed by atoms with Gasteiger partial charge in [0.1, 0.15) is 5.75 Å². The number of rotatable bonds is 3. The fourth-order valence-corrected chi connectivity index (χ4v) is 1.38. The number of anilines is 1. The quantitative estimate of drug-likeness (QED) is 0.482. The first kappa shape index (κ1) is 11.0. The number of amides is 2. The van der Waals surface area contributed by atoms with E-state index in [2.05, 4.69) is 16.2 Å². The highest BCUT2D eigenvalue weighted by atomic mass is 35.5. The second-order valence-electron chi connectivity index (χ2n) is 3.66. The first-order chi connectivity index (χ1) is 7.65. The van der Waals surface area contributed by atoms with Crippen LogP contribution in [0.25, 0.3) is 0 Å². The highest BCUT2D eigenvalue weighted by molar-refractivity contribution is 6.33. The third kappa shape index (κ3) is 3.01. The van der Waals surface area contributed by atoms with Gasteiger partial charge in [-0.25, -0.2) is 10.2 Å². The molecule has 0 unspecified atom stereocenters. The molecule has 0 heterocycles. The van der Waals surface area contributed by atoms with Gasteiger partial charge < -0.3 is 10.4 Å². The van der Waals surface area contributed by atoms with E-state index in [4.69, 9.17) is 16.7 Å². The Hall–Kier alpha value is -1.46. The Labute approximate surface area is 97.8 Å². The van der Waals surface area contributed by atoms with E-state index in [0.29, 0.717) is 16.8 Å². The standard InChI is InChI=1S/C10H12ClN3O2/c11-8-5-7(15)3-4-9(8)12-10(16)14-13-6-1-2-6/h3-6,13,15H,1-2H2,(H2,12,14,16). The van der Waals surface area contributed by atoms with Crippen molar-refractivity contribution in [1.29, 1.82) is 0 Å². The van der Waals surface area contributed by atoms with Gasteiger partial charge in [-0.1, -0.05) is 11.6 Å². The molecule has 2 rings (SSSR count). The van der Waals surface area contributed by atoms with Crippen LogP contribution in [0.3, 0.4) is 0 Å². The molecule has 16 heavy (non-hydrogen) atoms. The Kier molecular flexibility index (Phi) is 3.17. The fraction of sp³-hybridized carbons (Fsp3) is 0.300. The average Bonchev–Trinajstić information content (AvgIpc) is 3.03. The number of carbonyl (C=O) groups excluding carboxylic acids is 1. The summed E-state index contributed by atoms with van der Waals surface area (Å²) in [7, 11) is 0. The Bertz CT molecular complexity index is 407. The van der Waals surface area contributed by atoms with Gasteiger partial charge in [0.15, 0.2) is 0 Å². The van der Waals surface area contributed by atoms with Crippen LogP contribution < -0.4 is 16.2 Å². The molecule has 0 aromatic heterocycles. The molecule has 0 radical (unpaired) electrons. The summed E-state index contributed by atoms with van der Waals surface area (Å²) < 4.78 is 0. The summed E-state index contributed by atoms with van der Waals surface area (Å²) >= 11 is 5.83. The first-order valence-corrected chi connectivity index (χ1v) is 5.34. The second kappa shape index (κ2) is 4.59. The smallest absolute Gasteiger partial charge is 0.333 e. The molecule has 0 bridgehead atoms. The summed E-state index contributed by atoms with van der Waals surface area (Å²) in [5.74, 6) is 0.0621. The molecule has 86 valence electrons. The van der Waals surface area contributed by atoms with Crippen molar-refractivity contribution in [3.05, 3.63) is 23.2 Å². The number of hydrogen-bond acceptors (Lipinski definition) is 3. The van der Waals surface area contributed by atoms with E-state index in [1.807, 2.05) is 0 Å². The van der Waals surface area contributed by atoms with Crippen molar-refractivity contribution in [2.45, 2.75) is 18.9 Å². The molecule has 2 amide bonds. The minimum Gasteiger partial charge on any atom is -0.508 e. The topological polar surface area (TPSA) is 73.4 Å². The third-order valence-electron chi connectivity index (χ3n) is 2.17. The Morgan fingerprint density at radius 1 is 1.44 bits per heavy atom. The number of aromatic hydroxyl groups is 1. The van der Waals surface area contributed by atoms with Gasteiger partial charge >= 0.3 is 6.03 Å². The molecule has 6 heteroatoms. The van der Waals surface area contributed by atoms with Gasteiger partial charge in [0.25, 0.3) is 0 Å². The molecule has 1 fully saturated rings. The van der Waals surface area contributed by atoms with Crippen molar-refractivity contribution in [3.8, 4) is 5.75 Å². The van der Waals surface area contributed by atoms with Crippen molar-refractivity contribution < 1.29 is 9.90 Å². The average molecular weight is 242 g/mol. The molecule has 5 nitrogen and oxygen atoms in total. The fourth-order valence-electron chi connectivity index (χ4n) is 1.15. The second-order valence-corrected chi connectivity index (χ2v) is 4.07. The van der Waals surface area contributed by atoms with Crippen molar-refractivity contribution in [2.24, 2.45) is 0 Å². The predicted octanol–water partition coefficient (Wildman–Crippen LogP) is 1.83. The lowest BCUT2D eigenvalue weighted by molar-refractivity contribution is 0.247. The van der Waals surface area contributed by atoms with E-state index in [1.165, 1.54) is 18.2 Å². The number of hydrogen-bond donors (Lipinski definition) is 4. The summed E-state index contributed by atoms with van der Waals surface area (Å²) in [5, 5.41) is 12.0. The minimum atomic E-state index is -0.375. The van der Waals surface area contributed by atoms with Crippen molar-refractivity contribution in [2.75, 3.05) is 5.32 Å². The largest absolute Gasteiger partial charge is 0.508 e. The molecule has 1 aliphatic carbocycles. The zero-order valence-electron chi connectivity index (χ0n) is 8.46. The summed E-state index contributed by atoms with van der Waals surface area (Å²) in [6.07, 6.45) is 2.17. The van der Waals surface area contributed by atoms with E-state index in [-0.39, 0.29) is 11.8 Å². The van der Waals surface area contributed by atoms with Crippen LogP contribution in [-0.4, -0.2) is 17.2 Å². The third-order valence-corrected chi connectivity index (χ3v) is 2.48. The number of phenols is 1. The van der Waals surface area contributed by atoms with Gasteiger partial charge in [-0.3, -0.25) is 5.43 Å². The van der Waals surface area contributed by atoms with Crippen LogP contribution in [0.1, 0.15) is 12.8 Å². The first-order valence-electron chi connectivity index (χ1n) is 4.96. The molecule has 4 N–H and O–H groups in total. The Morgan fingerprint density at radius 2 is 2.19 bits per heavy atom. The monoisotopic (exact) mass is 241 g/mol. The molecule has 0 atom stereocenters. The summed E-state index contributed by atoms with van der Waals surface area (Å²) in [4.78, 5) is 11.4. The Balaban J connectivity index is 1.89.